The lowest BCUT2D eigenvalue weighted by Gasteiger charge is -2.35. The molecule has 124 valence electrons. The van der Waals surface area contributed by atoms with Crippen LogP contribution in [0.3, 0.4) is 0 Å². The normalized spacial score (nSPS) is 21.8. The van der Waals surface area contributed by atoms with Crippen molar-refractivity contribution in [2.75, 3.05) is 39.3 Å². The van der Waals surface area contributed by atoms with E-state index in [4.69, 9.17) is 0 Å². The quantitative estimate of drug-likeness (QED) is 0.906. The molecule has 0 spiro atoms. The van der Waals surface area contributed by atoms with Gasteiger partial charge in [0.05, 0.1) is 5.92 Å². The summed E-state index contributed by atoms with van der Waals surface area (Å²) in [4.78, 5) is 16.8. The first-order valence-electron chi connectivity index (χ1n) is 7.59. The van der Waals surface area contributed by atoms with Gasteiger partial charge in [-0.15, -0.1) is 24.8 Å². The molecule has 0 bridgehead atoms. The van der Waals surface area contributed by atoms with E-state index in [0.29, 0.717) is 5.91 Å². The van der Waals surface area contributed by atoms with Crippen molar-refractivity contribution >= 4 is 30.7 Å². The molecule has 1 aromatic rings. The molecule has 1 amide bonds. The minimum absolute atomic E-state index is 0. The van der Waals surface area contributed by atoms with Crippen molar-refractivity contribution in [3.05, 3.63) is 35.9 Å². The summed E-state index contributed by atoms with van der Waals surface area (Å²) in [6, 6.07) is 10.6. The minimum atomic E-state index is 0. The van der Waals surface area contributed by atoms with E-state index in [1.165, 1.54) is 5.56 Å². The molecule has 2 aliphatic heterocycles. The van der Waals surface area contributed by atoms with E-state index < -0.39 is 0 Å². The van der Waals surface area contributed by atoms with Crippen molar-refractivity contribution in [2.24, 2.45) is 5.92 Å². The second-order valence-electron chi connectivity index (χ2n) is 5.78. The second-order valence-corrected chi connectivity index (χ2v) is 5.78. The number of nitrogens with one attached hydrogen (secondary N) is 1. The summed E-state index contributed by atoms with van der Waals surface area (Å²) < 4.78 is 0. The third-order valence-corrected chi connectivity index (χ3v) is 4.34. The minimum Gasteiger partial charge on any atom is -0.340 e. The molecule has 2 aliphatic rings. The highest BCUT2D eigenvalue weighted by Gasteiger charge is 2.29. The van der Waals surface area contributed by atoms with Gasteiger partial charge < -0.3 is 10.2 Å². The first-order valence-corrected chi connectivity index (χ1v) is 7.59. The Kier molecular flexibility index (Phi) is 8.18. The van der Waals surface area contributed by atoms with E-state index in [0.717, 1.165) is 52.2 Å². The van der Waals surface area contributed by atoms with Crippen LogP contribution in [-0.2, 0) is 11.3 Å². The Morgan fingerprint density at radius 3 is 2.36 bits per heavy atom. The predicted molar refractivity (Wildman–Crippen MR) is 93.8 cm³/mol. The highest BCUT2D eigenvalue weighted by Crippen LogP contribution is 2.14. The molecule has 1 atom stereocenters. The number of nitrogens with zero attached hydrogens (tertiary/aromatic N) is 2. The summed E-state index contributed by atoms with van der Waals surface area (Å²) in [5.41, 5.74) is 1.35. The van der Waals surface area contributed by atoms with E-state index >= 15 is 0 Å². The molecular weight excluding hydrogens is 321 g/mol. The Labute approximate surface area is 145 Å². The van der Waals surface area contributed by atoms with Crippen LogP contribution in [0.2, 0.25) is 0 Å². The van der Waals surface area contributed by atoms with Crippen molar-refractivity contribution in [1.29, 1.82) is 0 Å². The lowest BCUT2D eigenvalue weighted by Crippen LogP contribution is -2.50. The lowest BCUT2D eigenvalue weighted by atomic mass is 10.1. The van der Waals surface area contributed by atoms with Crippen molar-refractivity contribution < 1.29 is 4.79 Å². The van der Waals surface area contributed by atoms with Crippen LogP contribution in [0.25, 0.3) is 0 Å². The van der Waals surface area contributed by atoms with Gasteiger partial charge >= 0.3 is 0 Å². The standard InChI is InChI=1S/C16H23N3O.2ClH/c20-16(15-6-7-17-12-15)19-10-8-18(9-11-19)13-14-4-2-1-3-5-14;;/h1-5,15,17H,6-13H2;2*1H. The van der Waals surface area contributed by atoms with Gasteiger partial charge in [-0.05, 0) is 18.5 Å². The lowest BCUT2D eigenvalue weighted by molar-refractivity contribution is -0.136. The van der Waals surface area contributed by atoms with Crippen LogP contribution in [0.1, 0.15) is 12.0 Å². The van der Waals surface area contributed by atoms with Crippen molar-refractivity contribution in [3.8, 4) is 0 Å². The molecule has 2 heterocycles. The number of piperazine rings is 1. The summed E-state index contributed by atoms with van der Waals surface area (Å²) in [5, 5.41) is 3.28. The van der Waals surface area contributed by atoms with E-state index in [-0.39, 0.29) is 30.7 Å². The van der Waals surface area contributed by atoms with E-state index in [1.54, 1.807) is 0 Å². The molecule has 3 rings (SSSR count). The number of amides is 1. The Morgan fingerprint density at radius 2 is 1.77 bits per heavy atom. The smallest absolute Gasteiger partial charge is 0.227 e. The molecule has 2 fully saturated rings. The molecule has 2 saturated heterocycles. The molecular formula is C16H25Cl2N3O. The van der Waals surface area contributed by atoms with Crippen LogP contribution >= 0.6 is 24.8 Å². The van der Waals surface area contributed by atoms with Crippen molar-refractivity contribution in [2.45, 2.75) is 13.0 Å². The molecule has 0 aromatic heterocycles. The summed E-state index contributed by atoms with van der Waals surface area (Å²) in [5.74, 6) is 0.574. The van der Waals surface area contributed by atoms with Crippen LogP contribution < -0.4 is 5.32 Å². The van der Waals surface area contributed by atoms with E-state index in [1.807, 2.05) is 0 Å². The number of hydrogen-bond donors (Lipinski definition) is 1. The van der Waals surface area contributed by atoms with Crippen LogP contribution in [0.5, 0.6) is 0 Å². The van der Waals surface area contributed by atoms with E-state index in [2.05, 4.69) is 45.4 Å². The number of rotatable bonds is 3. The van der Waals surface area contributed by atoms with Crippen LogP contribution in [-0.4, -0.2) is 55.0 Å². The van der Waals surface area contributed by atoms with Gasteiger partial charge in [0.25, 0.3) is 0 Å². The van der Waals surface area contributed by atoms with Gasteiger partial charge in [-0.1, -0.05) is 30.3 Å². The average molecular weight is 346 g/mol. The van der Waals surface area contributed by atoms with Gasteiger partial charge in [0.15, 0.2) is 0 Å². The number of hydrogen-bond acceptors (Lipinski definition) is 3. The molecule has 1 N–H and O–H groups in total. The Balaban J connectivity index is 0.00000121. The topological polar surface area (TPSA) is 35.6 Å². The summed E-state index contributed by atoms with van der Waals surface area (Å²) in [6.07, 6.45) is 1.00. The van der Waals surface area contributed by atoms with Crippen LogP contribution in [0.4, 0.5) is 0 Å². The third-order valence-electron chi connectivity index (χ3n) is 4.34. The third kappa shape index (κ3) is 4.85. The van der Waals surface area contributed by atoms with Gasteiger partial charge in [0.1, 0.15) is 0 Å². The predicted octanol–water partition coefficient (Wildman–Crippen LogP) is 1.78. The van der Waals surface area contributed by atoms with Gasteiger partial charge in [-0.3, -0.25) is 9.69 Å². The Bertz CT molecular complexity index is 444. The van der Waals surface area contributed by atoms with Gasteiger partial charge in [-0.2, -0.15) is 0 Å². The number of carbonyl (C=O) groups is 1. The second kappa shape index (κ2) is 9.36. The highest BCUT2D eigenvalue weighted by molar-refractivity contribution is 5.85. The zero-order chi connectivity index (χ0) is 13.8. The summed E-state index contributed by atoms with van der Waals surface area (Å²) in [6.45, 7) is 6.58. The first kappa shape index (κ1) is 19.2. The molecule has 0 aliphatic carbocycles. The first-order chi connectivity index (χ1) is 9.83. The van der Waals surface area contributed by atoms with Crippen molar-refractivity contribution in [1.82, 2.24) is 15.1 Å². The summed E-state index contributed by atoms with van der Waals surface area (Å²) >= 11 is 0. The van der Waals surface area contributed by atoms with E-state index in [9.17, 15) is 4.79 Å². The van der Waals surface area contributed by atoms with Gasteiger partial charge in [-0.25, -0.2) is 0 Å². The fraction of sp³-hybridized carbons (Fsp3) is 0.562. The van der Waals surface area contributed by atoms with Gasteiger partial charge in [0, 0.05) is 39.3 Å². The number of halogens is 2. The largest absolute Gasteiger partial charge is 0.340 e. The molecule has 0 radical (unpaired) electrons. The zero-order valence-corrected chi connectivity index (χ0v) is 14.4. The molecule has 4 nitrogen and oxygen atoms in total. The Hall–Kier alpha value is -0.810. The molecule has 1 aromatic carbocycles. The summed E-state index contributed by atoms with van der Waals surface area (Å²) in [7, 11) is 0. The molecule has 22 heavy (non-hydrogen) atoms. The maximum Gasteiger partial charge on any atom is 0.227 e. The molecule has 6 heteroatoms. The molecule has 0 saturated carbocycles. The highest BCUT2D eigenvalue weighted by atomic mass is 35.5. The van der Waals surface area contributed by atoms with Gasteiger partial charge in [0.2, 0.25) is 5.91 Å². The fourth-order valence-electron chi connectivity index (χ4n) is 3.09. The number of carbonyl (C=O) groups excluding carboxylic acids is 1. The zero-order valence-electron chi connectivity index (χ0n) is 12.7. The average Bonchev–Trinajstić information content (AvgIpc) is 3.03. The maximum atomic E-state index is 12.3. The monoisotopic (exact) mass is 345 g/mol. The fourth-order valence-corrected chi connectivity index (χ4v) is 3.09. The molecule has 1 unspecified atom stereocenters. The van der Waals surface area contributed by atoms with Crippen LogP contribution in [0.15, 0.2) is 30.3 Å². The maximum absolute atomic E-state index is 12.3. The van der Waals surface area contributed by atoms with Crippen molar-refractivity contribution in [3.63, 3.8) is 0 Å². The number of benzene rings is 1. The Morgan fingerprint density at radius 1 is 1.09 bits per heavy atom. The SMILES string of the molecule is Cl.Cl.O=C(C1CCNC1)N1CCN(Cc2ccccc2)CC1. The van der Waals surface area contributed by atoms with Crippen LogP contribution in [0, 0.1) is 5.92 Å².